The van der Waals surface area contributed by atoms with Gasteiger partial charge in [-0.05, 0) is 0 Å². The number of ether oxygens (including phenoxy) is 2. The number of carbonyl (C=O) groups excluding carboxylic acids is 1. The molecule has 0 aliphatic carbocycles. The SMILES string of the molecule is COC(=O)CC1CN(S(=O)(=O)CS(C)(=O)=O)CCO1. The van der Waals surface area contributed by atoms with Crippen molar-refractivity contribution in [3.63, 3.8) is 0 Å². The molecule has 1 aliphatic heterocycles. The third kappa shape index (κ3) is 5.43. The van der Waals surface area contributed by atoms with Gasteiger partial charge in [-0.1, -0.05) is 0 Å². The van der Waals surface area contributed by atoms with E-state index in [1.807, 2.05) is 0 Å². The Morgan fingerprint density at radius 2 is 2.00 bits per heavy atom. The molecule has 0 spiro atoms. The number of hydrogen-bond donors (Lipinski definition) is 0. The van der Waals surface area contributed by atoms with Crippen LogP contribution in [0.4, 0.5) is 0 Å². The van der Waals surface area contributed by atoms with Gasteiger partial charge in [-0.3, -0.25) is 4.79 Å². The zero-order valence-corrected chi connectivity index (χ0v) is 12.4. The van der Waals surface area contributed by atoms with Gasteiger partial charge in [0.05, 0.1) is 26.2 Å². The van der Waals surface area contributed by atoms with E-state index in [4.69, 9.17) is 4.74 Å². The first kappa shape index (κ1) is 16.3. The predicted molar refractivity (Wildman–Crippen MR) is 66.6 cm³/mol. The topological polar surface area (TPSA) is 107 Å². The van der Waals surface area contributed by atoms with Crippen LogP contribution in [0.1, 0.15) is 6.42 Å². The fraction of sp³-hybridized carbons (Fsp3) is 0.889. The first-order chi connectivity index (χ1) is 8.64. The molecule has 10 heteroatoms. The molecule has 1 atom stereocenters. The van der Waals surface area contributed by atoms with Gasteiger partial charge in [0.25, 0.3) is 0 Å². The Morgan fingerprint density at radius 1 is 1.37 bits per heavy atom. The molecule has 1 rings (SSSR count). The minimum absolute atomic E-state index is 0.0487. The van der Waals surface area contributed by atoms with E-state index in [2.05, 4.69) is 4.74 Å². The lowest BCUT2D eigenvalue weighted by Gasteiger charge is -2.31. The fourth-order valence-electron chi connectivity index (χ4n) is 1.68. The summed E-state index contributed by atoms with van der Waals surface area (Å²) in [6, 6.07) is 0. The standard InChI is InChI=1S/C9H17NO7S2/c1-16-9(11)5-8-6-10(3-4-17-8)19(14,15)7-18(2,12)13/h8H,3-7H2,1-2H3. The van der Waals surface area contributed by atoms with Gasteiger partial charge in [-0.15, -0.1) is 0 Å². The highest BCUT2D eigenvalue weighted by atomic mass is 32.3. The molecule has 0 N–H and O–H groups in total. The Balaban J connectivity index is 2.71. The summed E-state index contributed by atoms with van der Waals surface area (Å²) in [4.78, 5) is 11.1. The second-order valence-electron chi connectivity index (χ2n) is 4.29. The van der Waals surface area contributed by atoms with E-state index in [0.29, 0.717) is 0 Å². The van der Waals surface area contributed by atoms with E-state index in [1.54, 1.807) is 0 Å². The average Bonchev–Trinajstić information content (AvgIpc) is 2.26. The van der Waals surface area contributed by atoms with Crippen molar-refractivity contribution in [3.05, 3.63) is 0 Å². The number of sulfonamides is 1. The molecule has 112 valence electrons. The largest absolute Gasteiger partial charge is 0.469 e. The lowest BCUT2D eigenvalue weighted by atomic mass is 10.2. The Labute approximate surface area is 112 Å². The van der Waals surface area contributed by atoms with Gasteiger partial charge in [0, 0.05) is 19.3 Å². The summed E-state index contributed by atoms with van der Waals surface area (Å²) in [5, 5.41) is -0.940. The molecule has 1 aliphatic rings. The summed E-state index contributed by atoms with van der Waals surface area (Å²) in [6.45, 7) is 0.146. The van der Waals surface area contributed by atoms with Gasteiger partial charge in [0.1, 0.15) is 0 Å². The zero-order chi connectivity index (χ0) is 14.7. The maximum absolute atomic E-state index is 11.9. The van der Waals surface area contributed by atoms with Crippen LogP contribution in [0.5, 0.6) is 0 Å². The van der Waals surface area contributed by atoms with E-state index in [9.17, 15) is 21.6 Å². The number of methoxy groups -OCH3 is 1. The lowest BCUT2D eigenvalue weighted by molar-refractivity contribution is -0.145. The van der Waals surface area contributed by atoms with Crippen molar-refractivity contribution in [1.29, 1.82) is 0 Å². The Morgan fingerprint density at radius 3 is 2.53 bits per heavy atom. The van der Waals surface area contributed by atoms with Crippen LogP contribution in [0.15, 0.2) is 0 Å². The van der Waals surface area contributed by atoms with Crippen molar-refractivity contribution in [2.75, 3.05) is 38.1 Å². The minimum Gasteiger partial charge on any atom is -0.469 e. The second-order valence-corrected chi connectivity index (χ2v) is 8.76. The third-order valence-corrected chi connectivity index (χ3v) is 6.50. The number of nitrogens with zero attached hydrogens (tertiary/aromatic N) is 1. The molecule has 0 aromatic carbocycles. The first-order valence-electron chi connectivity index (χ1n) is 5.48. The van der Waals surface area contributed by atoms with Crippen LogP contribution in [-0.4, -0.2) is 71.4 Å². The van der Waals surface area contributed by atoms with Gasteiger partial charge >= 0.3 is 5.97 Å². The van der Waals surface area contributed by atoms with Crippen molar-refractivity contribution in [3.8, 4) is 0 Å². The van der Waals surface area contributed by atoms with Gasteiger partial charge in [-0.25, -0.2) is 16.8 Å². The number of esters is 1. The molecule has 1 saturated heterocycles. The number of rotatable bonds is 5. The van der Waals surface area contributed by atoms with Crippen LogP contribution in [0, 0.1) is 0 Å². The highest BCUT2D eigenvalue weighted by Gasteiger charge is 2.32. The smallest absolute Gasteiger partial charge is 0.308 e. The lowest BCUT2D eigenvalue weighted by Crippen LogP contribution is -2.47. The quantitative estimate of drug-likeness (QED) is 0.573. The van der Waals surface area contributed by atoms with Crippen LogP contribution in [0.25, 0.3) is 0 Å². The molecule has 0 saturated carbocycles. The molecule has 0 amide bonds. The van der Waals surface area contributed by atoms with Crippen LogP contribution in [-0.2, 0) is 34.1 Å². The van der Waals surface area contributed by atoms with E-state index < -0.39 is 37.0 Å². The summed E-state index contributed by atoms with van der Waals surface area (Å²) in [6.07, 6.45) is 0.175. The van der Waals surface area contributed by atoms with Gasteiger partial charge in [0.15, 0.2) is 14.9 Å². The molecule has 0 radical (unpaired) electrons. The zero-order valence-electron chi connectivity index (χ0n) is 10.7. The van der Waals surface area contributed by atoms with Gasteiger partial charge < -0.3 is 9.47 Å². The molecular formula is C9H17NO7S2. The van der Waals surface area contributed by atoms with E-state index >= 15 is 0 Å². The molecule has 0 aromatic heterocycles. The summed E-state index contributed by atoms with van der Waals surface area (Å²) < 4.78 is 56.7. The number of morpholine rings is 1. The number of carbonyl (C=O) groups is 1. The van der Waals surface area contributed by atoms with E-state index in [1.165, 1.54) is 7.11 Å². The molecule has 19 heavy (non-hydrogen) atoms. The van der Waals surface area contributed by atoms with Gasteiger partial charge in [0.2, 0.25) is 10.0 Å². The minimum atomic E-state index is -3.90. The summed E-state index contributed by atoms with van der Waals surface area (Å²) in [5.41, 5.74) is 0. The van der Waals surface area contributed by atoms with Crippen molar-refractivity contribution in [2.45, 2.75) is 12.5 Å². The van der Waals surface area contributed by atoms with Crippen molar-refractivity contribution in [2.24, 2.45) is 0 Å². The summed E-state index contributed by atoms with van der Waals surface area (Å²) >= 11 is 0. The van der Waals surface area contributed by atoms with Crippen LogP contribution < -0.4 is 0 Å². The van der Waals surface area contributed by atoms with Crippen LogP contribution in [0.2, 0.25) is 0 Å². The van der Waals surface area contributed by atoms with E-state index in [-0.39, 0.29) is 26.1 Å². The number of sulfone groups is 1. The summed E-state index contributed by atoms with van der Waals surface area (Å²) in [5.74, 6) is -0.507. The second kappa shape index (κ2) is 6.16. The third-order valence-electron chi connectivity index (χ3n) is 2.48. The Hall–Kier alpha value is -0.710. The Bertz CT molecular complexity index is 525. The number of hydrogen-bond acceptors (Lipinski definition) is 7. The highest BCUT2D eigenvalue weighted by Crippen LogP contribution is 2.14. The first-order valence-corrected chi connectivity index (χ1v) is 9.15. The molecule has 1 heterocycles. The monoisotopic (exact) mass is 315 g/mol. The van der Waals surface area contributed by atoms with E-state index in [0.717, 1.165) is 10.6 Å². The van der Waals surface area contributed by atoms with Crippen molar-refractivity contribution < 1.29 is 31.1 Å². The van der Waals surface area contributed by atoms with Crippen molar-refractivity contribution >= 4 is 25.8 Å². The van der Waals surface area contributed by atoms with Gasteiger partial charge in [-0.2, -0.15) is 4.31 Å². The maximum Gasteiger partial charge on any atom is 0.308 e. The van der Waals surface area contributed by atoms with Crippen LogP contribution in [0.3, 0.4) is 0 Å². The maximum atomic E-state index is 11.9. The highest BCUT2D eigenvalue weighted by molar-refractivity contribution is 8.06. The summed E-state index contributed by atoms with van der Waals surface area (Å²) in [7, 11) is -6.32. The molecule has 0 aromatic rings. The normalized spacial score (nSPS) is 22.1. The molecule has 8 nitrogen and oxygen atoms in total. The fourth-order valence-corrected chi connectivity index (χ4v) is 5.19. The van der Waals surface area contributed by atoms with Crippen molar-refractivity contribution in [1.82, 2.24) is 4.31 Å². The molecular weight excluding hydrogens is 298 g/mol. The average molecular weight is 315 g/mol. The predicted octanol–water partition coefficient (Wildman–Crippen LogP) is -1.42. The molecule has 0 bridgehead atoms. The molecule has 1 unspecified atom stereocenters. The molecule has 1 fully saturated rings. The van der Waals surface area contributed by atoms with Crippen LogP contribution >= 0.6 is 0 Å². The Kier molecular flexibility index (Phi) is 5.30.